The summed E-state index contributed by atoms with van der Waals surface area (Å²) in [6.45, 7) is 7.09. The number of aromatic nitrogens is 1. The summed E-state index contributed by atoms with van der Waals surface area (Å²) in [5.74, 6) is 0.971. The summed E-state index contributed by atoms with van der Waals surface area (Å²) in [7, 11) is 2.14. The van der Waals surface area contributed by atoms with Gasteiger partial charge in [0.25, 0.3) is 0 Å². The number of rotatable bonds is 7. The predicted molar refractivity (Wildman–Crippen MR) is 89.4 cm³/mol. The zero-order chi connectivity index (χ0) is 15.1. The van der Waals surface area contributed by atoms with Gasteiger partial charge in [0, 0.05) is 19.6 Å². The Kier molecular flexibility index (Phi) is 5.76. The molecule has 1 aromatic heterocycles. The molecule has 0 atom stereocenters. The van der Waals surface area contributed by atoms with E-state index in [-0.39, 0.29) is 0 Å². The maximum atomic E-state index is 4.66. The second kappa shape index (κ2) is 7.79. The van der Waals surface area contributed by atoms with Crippen molar-refractivity contribution in [3.63, 3.8) is 0 Å². The average Bonchev–Trinajstić information content (AvgIpc) is 2.48. The van der Waals surface area contributed by atoms with Crippen molar-refractivity contribution in [1.29, 1.82) is 0 Å². The van der Waals surface area contributed by atoms with Crippen LogP contribution in [-0.4, -0.2) is 23.5 Å². The van der Waals surface area contributed by atoms with Crippen molar-refractivity contribution in [2.45, 2.75) is 33.4 Å². The number of nitrogens with one attached hydrogen (secondary N) is 1. The van der Waals surface area contributed by atoms with Gasteiger partial charge in [0.15, 0.2) is 0 Å². The minimum absolute atomic E-state index is 0.857. The van der Waals surface area contributed by atoms with Crippen LogP contribution in [0.5, 0.6) is 0 Å². The first-order valence-electron chi connectivity index (χ1n) is 7.62. The molecule has 1 heterocycles. The Balaban J connectivity index is 1.96. The van der Waals surface area contributed by atoms with Gasteiger partial charge in [-0.05, 0) is 43.7 Å². The molecule has 21 heavy (non-hydrogen) atoms. The highest BCUT2D eigenvalue weighted by Gasteiger charge is 2.05. The number of hydrogen-bond donors (Lipinski definition) is 1. The third-order valence-electron chi connectivity index (χ3n) is 3.50. The molecule has 3 heteroatoms. The molecule has 0 saturated carbocycles. The van der Waals surface area contributed by atoms with Gasteiger partial charge in [0.1, 0.15) is 5.82 Å². The molecule has 0 unspecified atom stereocenters. The van der Waals surface area contributed by atoms with Crippen LogP contribution < -0.4 is 5.32 Å². The van der Waals surface area contributed by atoms with Crippen LogP contribution in [0.25, 0.3) is 0 Å². The van der Waals surface area contributed by atoms with Crippen molar-refractivity contribution in [3.05, 3.63) is 59.3 Å². The minimum atomic E-state index is 0.857. The minimum Gasteiger partial charge on any atom is -0.370 e. The molecule has 2 rings (SSSR count). The van der Waals surface area contributed by atoms with E-state index >= 15 is 0 Å². The molecule has 0 aliphatic rings. The van der Waals surface area contributed by atoms with E-state index in [1.54, 1.807) is 0 Å². The van der Waals surface area contributed by atoms with Crippen molar-refractivity contribution < 1.29 is 0 Å². The molecule has 0 amide bonds. The fraction of sp³-hybridized carbons (Fsp3) is 0.389. The Bertz CT molecular complexity index is 566. The van der Waals surface area contributed by atoms with E-state index in [1.807, 2.05) is 6.07 Å². The zero-order valence-electron chi connectivity index (χ0n) is 13.3. The summed E-state index contributed by atoms with van der Waals surface area (Å²) in [6, 6.07) is 14.7. The fourth-order valence-corrected chi connectivity index (χ4v) is 2.33. The Morgan fingerprint density at radius 3 is 2.62 bits per heavy atom. The summed E-state index contributed by atoms with van der Waals surface area (Å²) >= 11 is 0. The number of hydrogen-bond acceptors (Lipinski definition) is 3. The summed E-state index contributed by atoms with van der Waals surface area (Å²) in [5, 5.41) is 3.34. The molecule has 0 spiro atoms. The van der Waals surface area contributed by atoms with Crippen LogP contribution in [0.2, 0.25) is 0 Å². The van der Waals surface area contributed by atoms with Gasteiger partial charge in [-0.15, -0.1) is 0 Å². The average molecular weight is 283 g/mol. The smallest absolute Gasteiger partial charge is 0.126 e. The second-order valence-electron chi connectivity index (χ2n) is 5.54. The molecule has 1 N–H and O–H groups in total. The third-order valence-corrected chi connectivity index (χ3v) is 3.50. The number of anilines is 1. The molecule has 112 valence electrons. The molecule has 0 aliphatic carbocycles. The van der Waals surface area contributed by atoms with Gasteiger partial charge in [0.2, 0.25) is 0 Å². The van der Waals surface area contributed by atoms with Gasteiger partial charge in [-0.25, -0.2) is 4.98 Å². The van der Waals surface area contributed by atoms with E-state index in [0.717, 1.165) is 37.6 Å². The van der Waals surface area contributed by atoms with Crippen LogP contribution in [0.3, 0.4) is 0 Å². The fourth-order valence-electron chi connectivity index (χ4n) is 2.33. The van der Waals surface area contributed by atoms with Crippen LogP contribution in [0.4, 0.5) is 5.82 Å². The topological polar surface area (TPSA) is 28.2 Å². The number of nitrogens with zero attached hydrogens (tertiary/aromatic N) is 2. The summed E-state index contributed by atoms with van der Waals surface area (Å²) in [6.07, 6.45) is 1.11. The first kappa shape index (κ1) is 15.5. The van der Waals surface area contributed by atoms with E-state index in [4.69, 9.17) is 0 Å². The lowest BCUT2D eigenvalue weighted by molar-refractivity contribution is 0.314. The molecular formula is C18H25N3. The Morgan fingerprint density at radius 1 is 1.05 bits per heavy atom. The lowest BCUT2D eigenvalue weighted by Gasteiger charge is -2.18. The van der Waals surface area contributed by atoms with E-state index in [9.17, 15) is 0 Å². The Hall–Kier alpha value is -1.87. The van der Waals surface area contributed by atoms with Crippen molar-refractivity contribution >= 4 is 5.82 Å². The molecule has 0 aliphatic heterocycles. The van der Waals surface area contributed by atoms with Gasteiger partial charge < -0.3 is 5.32 Å². The maximum Gasteiger partial charge on any atom is 0.126 e. The van der Waals surface area contributed by atoms with Crippen molar-refractivity contribution in [2.24, 2.45) is 0 Å². The molecule has 3 nitrogen and oxygen atoms in total. The summed E-state index contributed by atoms with van der Waals surface area (Å²) in [5.41, 5.74) is 3.82. The number of benzene rings is 1. The van der Waals surface area contributed by atoms with Crippen LogP contribution >= 0.6 is 0 Å². The van der Waals surface area contributed by atoms with E-state index in [2.05, 4.69) is 72.5 Å². The number of aryl methyl sites for hydroxylation is 1. The normalized spacial score (nSPS) is 10.9. The molecule has 2 aromatic rings. The van der Waals surface area contributed by atoms with E-state index < -0.39 is 0 Å². The maximum absolute atomic E-state index is 4.66. The summed E-state index contributed by atoms with van der Waals surface area (Å²) in [4.78, 5) is 6.96. The molecule has 0 fully saturated rings. The molecule has 0 radical (unpaired) electrons. The quantitative estimate of drug-likeness (QED) is 0.836. The van der Waals surface area contributed by atoms with Gasteiger partial charge in [-0.3, -0.25) is 4.90 Å². The van der Waals surface area contributed by atoms with Crippen molar-refractivity contribution in [1.82, 2.24) is 9.88 Å². The molecule has 1 aromatic carbocycles. The Morgan fingerprint density at radius 2 is 1.86 bits per heavy atom. The zero-order valence-corrected chi connectivity index (χ0v) is 13.3. The summed E-state index contributed by atoms with van der Waals surface area (Å²) < 4.78 is 0. The molecular weight excluding hydrogens is 258 g/mol. The Labute approximate surface area is 128 Å². The van der Waals surface area contributed by atoms with Gasteiger partial charge >= 0.3 is 0 Å². The van der Waals surface area contributed by atoms with Crippen molar-refractivity contribution in [2.75, 3.05) is 18.9 Å². The first-order valence-corrected chi connectivity index (χ1v) is 7.62. The van der Waals surface area contributed by atoms with Gasteiger partial charge in [-0.1, -0.05) is 37.3 Å². The van der Waals surface area contributed by atoms with Gasteiger partial charge in [-0.2, -0.15) is 0 Å². The van der Waals surface area contributed by atoms with E-state index in [0.29, 0.717) is 0 Å². The van der Waals surface area contributed by atoms with Crippen LogP contribution in [0.15, 0.2) is 42.5 Å². The van der Waals surface area contributed by atoms with Crippen LogP contribution in [-0.2, 0) is 13.1 Å². The monoisotopic (exact) mass is 283 g/mol. The predicted octanol–water partition coefficient (Wildman–Crippen LogP) is 3.84. The highest BCUT2D eigenvalue weighted by Crippen LogP contribution is 2.12. The largest absolute Gasteiger partial charge is 0.370 e. The highest BCUT2D eigenvalue weighted by molar-refractivity contribution is 5.35. The van der Waals surface area contributed by atoms with E-state index in [1.165, 1.54) is 11.1 Å². The molecule has 0 bridgehead atoms. The van der Waals surface area contributed by atoms with Crippen molar-refractivity contribution in [3.8, 4) is 0 Å². The standard InChI is InChI=1S/C18H25N3/c1-4-12-19-18-11-7-10-17(20-18)14-21(3)13-16-9-6-5-8-15(16)2/h5-11H,4,12-14H2,1-3H3,(H,19,20). The first-order chi connectivity index (χ1) is 10.2. The number of pyridine rings is 1. The second-order valence-corrected chi connectivity index (χ2v) is 5.54. The lowest BCUT2D eigenvalue weighted by atomic mass is 10.1. The molecule has 0 saturated heterocycles. The van der Waals surface area contributed by atoms with Crippen LogP contribution in [0.1, 0.15) is 30.2 Å². The van der Waals surface area contributed by atoms with Gasteiger partial charge in [0.05, 0.1) is 5.69 Å². The SMILES string of the molecule is CCCNc1cccc(CN(C)Cc2ccccc2C)n1. The van der Waals surface area contributed by atoms with Crippen LogP contribution in [0, 0.1) is 6.92 Å². The third kappa shape index (κ3) is 4.87. The highest BCUT2D eigenvalue weighted by atomic mass is 15.1. The lowest BCUT2D eigenvalue weighted by Crippen LogP contribution is -2.18.